The highest BCUT2D eigenvalue weighted by molar-refractivity contribution is 7.92. The zero-order valence-electron chi connectivity index (χ0n) is 14.5. The van der Waals surface area contributed by atoms with E-state index in [0.29, 0.717) is 22.3 Å². The van der Waals surface area contributed by atoms with Crippen LogP contribution in [-0.4, -0.2) is 18.2 Å². The Hall–Kier alpha value is -2.54. The molecule has 0 spiro atoms. The lowest BCUT2D eigenvalue weighted by Gasteiger charge is -2.08. The average Bonchev–Trinajstić information content (AvgIpc) is 3.11. The highest BCUT2D eigenvalue weighted by Crippen LogP contribution is 2.26. The first kappa shape index (κ1) is 18.8. The van der Waals surface area contributed by atoms with Gasteiger partial charge in [0.2, 0.25) is 0 Å². The molecule has 0 unspecified atom stereocenters. The van der Waals surface area contributed by atoms with Gasteiger partial charge >= 0.3 is 0 Å². The van der Waals surface area contributed by atoms with Gasteiger partial charge in [0.15, 0.2) is 0 Å². The van der Waals surface area contributed by atoms with Crippen LogP contribution in [0, 0.1) is 0 Å². The lowest BCUT2D eigenvalue weighted by Crippen LogP contribution is -2.12. The summed E-state index contributed by atoms with van der Waals surface area (Å²) in [6, 6.07) is 17.9. The van der Waals surface area contributed by atoms with E-state index >= 15 is 0 Å². The molecule has 0 fully saturated rings. The Morgan fingerprint density at radius 2 is 1.64 bits per heavy atom. The third-order valence-corrected chi connectivity index (χ3v) is 6.39. The molecule has 0 aliphatic heterocycles. The van der Waals surface area contributed by atoms with Gasteiger partial charge in [0, 0.05) is 21.8 Å². The summed E-state index contributed by atoms with van der Waals surface area (Å²) < 4.78 is 29.6. The molecule has 0 amide bonds. The maximum atomic E-state index is 12.7. The van der Waals surface area contributed by atoms with Crippen molar-refractivity contribution in [2.45, 2.75) is 11.4 Å². The summed E-state index contributed by atoms with van der Waals surface area (Å²) in [5.74, 6) is 0. The molecule has 142 valence electrons. The second kappa shape index (κ2) is 7.47. The Kier molecular flexibility index (Phi) is 5.02. The SMILES string of the molecule is O=S(=O)(Nc1cnn(Cc2c(Cl)cccc2Cl)c1)c1ccc2ccccc2c1. The van der Waals surface area contributed by atoms with Crippen molar-refractivity contribution in [2.24, 2.45) is 0 Å². The third kappa shape index (κ3) is 3.85. The van der Waals surface area contributed by atoms with Crippen molar-refractivity contribution in [3.05, 3.63) is 88.7 Å². The van der Waals surface area contributed by atoms with Crippen molar-refractivity contribution in [2.75, 3.05) is 4.72 Å². The standard InChI is InChI=1S/C20H15Cl2N3O2S/c21-19-6-3-7-20(22)18(19)13-25-12-16(11-23-25)24-28(26,27)17-9-8-14-4-1-2-5-15(14)10-17/h1-12,24H,13H2. The van der Waals surface area contributed by atoms with Crippen molar-refractivity contribution in [3.8, 4) is 0 Å². The maximum absolute atomic E-state index is 12.7. The number of sulfonamides is 1. The second-order valence-electron chi connectivity index (χ2n) is 6.24. The van der Waals surface area contributed by atoms with Crippen LogP contribution < -0.4 is 4.72 Å². The summed E-state index contributed by atoms with van der Waals surface area (Å²) in [4.78, 5) is 0.188. The Morgan fingerprint density at radius 1 is 0.929 bits per heavy atom. The first-order valence-corrected chi connectivity index (χ1v) is 10.6. The molecular formula is C20H15Cl2N3O2S. The van der Waals surface area contributed by atoms with E-state index in [0.717, 1.165) is 16.3 Å². The molecule has 0 atom stereocenters. The highest BCUT2D eigenvalue weighted by Gasteiger charge is 2.16. The van der Waals surface area contributed by atoms with Crippen LogP contribution in [0.1, 0.15) is 5.56 Å². The number of fused-ring (bicyclic) bond motifs is 1. The third-order valence-electron chi connectivity index (χ3n) is 4.30. The Labute approximate surface area is 172 Å². The molecule has 0 radical (unpaired) electrons. The number of hydrogen-bond acceptors (Lipinski definition) is 3. The van der Waals surface area contributed by atoms with Gasteiger partial charge in [0.05, 0.1) is 23.3 Å². The van der Waals surface area contributed by atoms with Gasteiger partial charge < -0.3 is 0 Å². The normalized spacial score (nSPS) is 11.6. The molecule has 1 N–H and O–H groups in total. The fourth-order valence-electron chi connectivity index (χ4n) is 2.90. The number of nitrogens with zero attached hydrogens (tertiary/aromatic N) is 2. The largest absolute Gasteiger partial charge is 0.276 e. The number of hydrogen-bond donors (Lipinski definition) is 1. The van der Waals surface area contributed by atoms with Crippen LogP contribution in [-0.2, 0) is 16.6 Å². The summed E-state index contributed by atoms with van der Waals surface area (Å²) in [6.45, 7) is 0.330. The molecule has 28 heavy (non-hydrogen) atoms. The number of nitrogens with one attached hydrogen (secondary N) is 1. The van der Waals surface area contributed by atoms with Crippen LogP contribution in [0.4, 0.5) is 5.69 Å². The topological polar surface area (TPSA) is 64.0 Å². The maximum Gasteiger partial charge on any atom is 0.262 e. The van der Waals surface area contributed by atoms with Crippen LogP contribution in [0.5, 0.6) is 0 Å². The fourth-order valence-corrected chi connectivity index (χ4v) is 4.48. The Bertz CT molecular complexity index is 1250. The lowest BCUT2D eigenvalue weighted by atomic mass is 10.1. The van der Waals surface area contributed by atoms with E-state index in [-0.39, 0.29) is 4.90 Å². The van der Waals surface area contributed by atoms with Crippen LogP contribution in [0.2, 0.25) is 10.0 Å². The van der Waals surface area contributed by atoms with E-state index < -0.39 is 10.0 Å². The Balaban J connectivity index is 1.57. The summed E-state index contributed by atoms with van der Waals surface area (Å²) in [6.07, 6.45) is 3.04. The predicted molar refractivity (Wildman–Crippen MR) is 113 cm³/mol. The molecule has 8 heteroatoms. The van der Waals surface area contributed by atoms with Gasteiger partial charge in [-0.3, -0.25) is 9.40 Å². The molecule has 4 rings (SSSR count). The van der Waals surface area contributed by atoms with E-state index in [1.54, 1.807) is 47.3 Å². The first-order valence-electron chi connectivity index (χ1n) is 8.39. The quantitative estimate of drug-likeness (QED) is 0.472. The molecular weight excluding hydrogens is 417 g/mol. The molecule has 1 heterocycles. The van der Waals surface area contributed by atoms with Crippen molar-refractivity contribution in [3.63, 3.8) is 0 Å². The summed E-state index contributed by atoms with van der Waals surface area (Å²) in [7, 11) is -3.74. The molecule has 3 aromatic carbocycles. The zero-order chi connectivity index (χ0) is 19.7. The van der Waals surface area contributed by atoms with E-state index in [4.69, 9.17) is 23.2 Å². The molecule has 0 saturated heterocycles. The monoisotopic (exact) mass is 431 g/mol. The van der Waals surface area contributed by atoms with Crippen molar-refractivity contribution in [1.82, 2.24) is 9.78 Å². The summed E-state index contributed by atoms with van der Waals surface area (Å²) >= 11 is 12.4. The number of aromatic nitrogens is 2. The van der Waals surface area contributed by atoms with Gasteiger partial charge in [-0.2, -0.15) is 5.10 Å². The second-order valence-corrected chi connectivity index (χ2v) is 8.74. The molecule has 0 aliphatic rings. The number of anilines is 1. The zero-order valence-corrected chi connectivity index (χ0v) is 16.8. The predicted octanol–water partition coefficient (Wildman–Crippen LogP) is 5.19. The van der Waals surface area contributed by atoms with E-state index in [1.165, 1.54) is 6.20 Å². The van der Waals surface area contributed by atoms with Crippen molar-refractivity contribution < 1.29 is 8.42 Å². The molecule has 1 aromatic heterocycles. The number of halogens is 2. The molecule has 0 bridgehead atoms. The van der Waals surface area contributed by atoms with E-state index in [1.807, 2.05) is 24.3 Å². The van der Waals surface area contributed by atoms with Crippen molar-refractivity contribution >= 4 is 49.7 Å². The smallest absolute Gasteiger partial charge is 0.262 e. The average molecular weight is 432 g/mol. The minimum absolute atomic E-state index is 0.188. The first-order chi connectivity index (χ1) is 13.4. The van der Waals surface area contributed by atoms with Gasteiger partial charge in [-0.1, -0.05) is 59.6 Å². The molecule has 0 aliphatic carbocycles. The van der Waals surface area contributed by atoms with Gasteiger partial charge in [-0.25, -0.2) is 8.42 Å². The minimum Gasteiger partial charge on any atom is -0.276 e. The minimum atomic E-state index is -3.74. The lowest BCUT2D eigenvalue weighted by molar-refractivity contribution is 0.601. The van der Waals surface area contributed by atoms with Crippen LogP contribution in [0.3, 0.4) is 0 Å². The molecule has 0 saturated carbocycles. The van der Waals surface area contributed by atoms with Gasteiger partial charge in [-0.05, 0) is 35.0 Å². The number of benzene rings is 3. The van der Waals surface area contributed by atoms with Crippen molar-refractivity contribution in [1.29, 1.82) is 0 Å². The van der Waals surface area contributed by atoms with Crippen LogP contribution in [0.15, 0.2) is 78.0 Å². The summed E-state index contributed by atoms with van der Waals surface area (Å²) in [5, 5.41) is 7.09. The van der Waals surface area contributed by atoms with Gasteiger partial charge in [0.25, 0.3) is 10.0 Å². The van der Waals surface area contributed by atoms with E-state index in [2.05, 4.69) is 9.82 Å². The van der Waals surface area contributed by atoms with E-state index in [9.17, 15) is 8.42 Å². The van der Waals surface area contributed by atoms with Gasteiger partial charge in [-0.15, -0.1) is 0 Å². The highest BCUT2D eigenvalue weighted by atomic mass is 35.5. The molecule has 4 aromatic rings. The van der Waals surface area contributed by atoms with Crippen LogP contribution >= 0.6 is 23.2 Å². The van der Waals surface area contributed by atoms with Gasteiger partial charge in [0.1, 0.15) is 0 Å². The van der Waals surface area contributed by atoms with Crippen LogP contribution in [0.25, 0.3) is 10.8 Å². The molecule has 5 nitrogen and oxygen atoms in total. The fraction of sp³-hybridized carbons (Fsp3) is 0.0500. The summed E-state index contributed by atoms with van der Waals surface area (Å²) in [5.41, 5.74) is 1.08. The number of rotatable bonds is 5. The Morgan fingerprint density at radius 3 is 2.39 bits per heavy atom.